The zero-order chi connectivity index (χ0) is 10.2. The number of para-hydroxylation sites is 1. The summed E-state index contributed by atoms with van der Waals surface area (Å²) >= 11 is -0.382. The molecule has 2 rings (SSSR count). The van der Waals surface area contributed by atoms with Gasteiger partial charge in [0.05, 0.1) is 0 Å². The molecule has 0 aliphatic rings. The van der Waals surface area contributed by atoms with Crippen LogP contribution in [-0.2, 0) is 0 Å². The van der Waals surface area contributed by atoms with Gasteiger partial charge in [0.25, 0.3) is 0 Å². The van der Waals surface area contributed by atoms with Gasteiger partial charge in [-0.1, -0.05) is 0 Å². The molecule has 0 atom stereocenters. The van der Waals surface area contributed by atoms with E-state index in [2.05, 4.69) is 4.98 Å². The third-order valence-electron chi connectivity index (χ3n) is 1.48. The number of thioether (sulfide) groups is 1. The first-order valence-electron chi connectivity index (χ1n) is 3.66. The Balaban J connectivity index is 2.36. The second kappa shape index (κ2) is 3.60. The van der Waals surface area contributed by atoms with Gasteiger partial charge in [-0.3, -0.25) is 0 Å². The standard InChI is InChI=1S/C8H4F3NSSe/c9-8(10,11)13-7-12-5-3-1-2-4-6(5)14-7/h1-4H. The molecule has 0 aliphatic heterocycles. The molecule has 0 fully saturated rings. The van der Waals surface area contributed by atoms with Gasteiger partial charge in [-0.2, -0.15) is 0 Å². The predicted molar refractivity (Wildman–Crippen MR) is 50.6 cm³/mol. The van der Waals surface area contributed by atoms with Crippen molar-refractivity contribution in [1.82, 2.24) is 4.98 Å². The topological polar surface area (TPSA) is 12.9 Å². The summed E-state index contributed by atoms with van der Waals surface area (Å²) < 4.78 is 37.2. The van der Waals surface area contributed by atoms with Crippen molar-refractivity contribution in [2.45, 2.75) is 9.41 Å². The molecule has 0 N–H and O–H groups in total. The second-order valence-electron chi connectivity index (χ2n) is 2.50. The molecule has 74 valence electrons. The molecular weight excluding hydrogens is 278 g/mol. The molecule has 1 nitrogen and oxygen atoms in total. The van der Waals surface area contributed by atoms with Crippen LogP contribution in [0.1, 0.15) is 0 Å². The molecular formula is C8H4F3NSSe. The van der Waals surface area contributed by atoms with Crippen LogP contribution in [0.25, 0.3) is 9.78 Å². The number of fused-ring (bicyclic) bond motifs is 1. The Morgan fingerprint density at radius 2 is 1.93 bits per heavy atom. The molecule has 1 aromatic carbocycles. The third kappa shape index (κ3) is 2.32. The summed E-state index contributed by atoms with van der Waals surface area (Å²) in [6, 6.07) is 7.15. The van der Waals surface area contributed by atoms with E-state index < -0.39 is 5.51 Å². The van der Waals surface area contributed by atoms with Crippen LogP contribution in [0.15, 0.2) is 28.2 Å². The minimum atomic E-state index is -4.22. The SMILES string of the molecule is FC(F)(F)Sc1nc2ccccc2[se]1. The Bertz CT molecular complexity index is 418. The minimum absolute atomic E-state index is 0.101. The number of benzene rings is 1. The summed E-state index contributed by atoms with van der Waals surface area (Å²) in [5.41, 5.74) is -3.54. The molecule has 0 amide bonds. The number of alkyl halides is 3. The van der Waals surface area contributed by atoms with E-state index in [0.29, 0.717) is 5.52 Å². The van der Waals surface area contributed by atoms with Crippen molar-refractivity contribution < 1.29 is 13.2 Å². The van der Waals surface area contributed by atoms with Gasteiger partial charge in [-0.05, 0) is 0 Å². The summed E-state index contributed by atoms with van der Waals surface area (Å²) in [5, 5.41) is 0. The van der Waals surface area contributed by atoms with Crippen LogP contribution in [0.4, 0.5) is 13.2 Å². The predicted octanol–water partition coefficient (Wildman–Crippen LogP) is 2.90. The summed E-state index contributed by atoms with van der Waals surface area (Å²) in [6.07, 6.45) is 0. The number of rotatable bonds is 1. The van der Waals surface area contributed by atoms with Gasteiger partial charge in [-0.15, -0.1) is 0 Å². The molecule has 1 aromatic heterocycles. The average molecular weight is 282 g/mol. The van der Waals surface area contributed by atoms with Gasteiger partial charge in [-0.25, -0.2) is 0 Å². The van der Waals surface area contributed by atoms with Crippen LogP contribution < -0.4 is 0 Å². The van der Waals surface area contributed by atoms with E-state index in [1.807, 2.05) is 12.1 Å². The fourth-order valence-corrected chi connectivity index (χ4v) is 4.16. The molecule has 6 heteroatoms. The van der Waals surface area contributed by atoms with Crippen molar-refractivity contribution in [3.8, 4) is 0 Å². The van der Waals surface area contributed by atoms with E-state index in [0.717, 1.165) is 4.26 Å². The van der Waals surface area contributed by atoms with E-state index in [1.165, 1.54) is 0 Å². The van der Waals surface area contributed by atoms with Crippen molar-refractivity contribution in [2.24, 2.45) is 0 Å². The van der Waals surface area contributed by atoms with Gasteiger partial charge < -0.3 is 0 Å². The van der Waals surface area contributed by atoms with Gasteiger partial charge in [0, 0.05) is 0 Å². The Morgan fingerprint density at radius 1 is 1.21 bits per heavy atom. The average Bonchev–Trinajstić information content (AvgIpc) is 2.42. The van der Waals surface area contributed by atoms with Crippen LogP contribution in [-0.4, -0.2) is 25.0 Å². The quantitative estimate of drug-likeness (QED) is 0.589. The van der Waals surface area contributed by atoms with Crippen molar-refractivity contribution in [2.75, 3.05) is 0 Å². The van der Waals surface area contributed by atoms with Crippen molar-refractivity contribution in [3.63, 3.8) is 0 Å². The zero-order valence-electron chi connectivity index (χ0n) is 6.71. The van der Waals surface area contributed by atoms with Gasteiger partial charge in [0.15, 0.2) is 0 Å². The molecule has 0 saturated carbocycles. The first-order valence-corrected chi connectivity index (χ1v) is 6.19. The first kappa shape index (κ1) is 10.1. The Hall–Kier alpha value is -0.451. The Labute approximate surface area is 88.1 Å². The van der Waals surface area contributed by atoms with Gasteiger partial charge in [0.1, 0.15) is 0 Å². The first-order chi connectivity index (χ1) is 6.54. The van der Waals surface area contributed by atoms with E-state index in [-0.39, 0.29) is 30.2 Å². The number of hydrogen-bond donors (Lipinski definition) is 0. The molecule has 0 spiro atoms. The zero-order valence-corrected chi connectivity index (χ0v) is 9.24. The molecule has 1 heterocycles. The molecule has 0 saturated heterocycles. The fourth-order valence-electron chi connectivity index (χ4n) is 0.994. The van der Waals surface area contributed by atoms with Crippen molar-refractivity contribution in [3.05, 3.63) is 24.3 Å². The maximum absolute atomic E-state index is 12.0. The number of halogens is 3. The number of nitrogens with zero attached hydrogens (tertiary/aromatic N) is 1. The Kier molecular flexibility index (Phi) is 2.60. The molecule has 0 aliphatic carbocycles. The van der Waals surface area contributed by atoms with E-state index in [4.69, 9.17) is 0 Å². The normalized spacial score (nSPS) is 12.2. The summed E-state index contributed by atoms with van der Waals surface area (Å²) in [7, 11) is 0. The summed E-state index contributed by atoms with van der Waals surface area (Å²) in [4.78, 5) is 3.92. The van der Waals surface area contributed by atoms with Crippen LogP contribution in [0, 0.1) is 0 Å². The number of aromatic nitrogens is 1. The molecule has 0 bridgehead atoms. The van der Waals surface area contributed by atoms with E-state index >= 15 is 0 Å². The van der Waals surface area contributed by atoms with E-state index in [1.54, 1.807) is 12.1 Å². The van der Waals surface area contributed by atoms with Crippen LogP contribution in [0.5, 0.6) is 0 Å². The van der Waals surface area contributed by atoms with E-state index in [9.17, 15) is 13.2 Å². The number of hydrogen-bond acceptors (Lipinski definition) is 2. The molecule has 14 heavy (non-hydrogen) atoms. The molecule has 2 aromatic rings. The second-order valence-corrected chi connectivity index (χ2v) is 6.29. The van der Waals surface area contributed by atoms with Gasteiger partial charge >= 0.3 is 87.9 Å². The monoisotopic (exact) mass is 283 g/mol. The van der Waals surface area contributed by atoms with Crippen molar-refractivity contribution >= 4 is 36.0 Å². The van der Waals surface area contributed by atoms with Gasteiger partial charge in [0.2, 0.25) is 0 Å². The molecule has 0 radical (unpaired) electrons. The fraction of sp³-hybridized carbons (Fsp3) is 0.125. The summed E-state index contributed by atoms with van der Waals surface area (Å²) in [6.45, 7) is 0. The third-order valence-corrected chi connectivity index (χ3v) is 4.68. The maximum atomic E-state index is 12.0. The van der Waals surface area contributed by atoms with Crippen molar-refractivity contribution in [1.29, 1.82) is 0 Å². The van der Waals surface area contributed by atoms with Crippen LogP contribution in [0.3, 0.4) is 0 Å². The molecule has 0 unspecified atom stereocenters. The van der Waals surface area contributed by atoms with Crippen LogP contribution >= 0.6 is 11.8 Å². The van der Waals surface area contributed by atoms with Crippen LogP contribution in [0.2, 0.25) is 0 Å². The Morgan fingerprint density at radius 3 is 2.57 bits per heavy atom. The summed E-state index contributed by atoms with van der Waals surface area (Å²) in [5.74, 6) is 0.